The van der Waals surface area contributed by atoms with Crippen molar-refractivity contribution in [1.82, 2.24) is 0 Å². The Morgan fingerprint density at radius 3 is 2.28 bits per heavy atom. The number of thioether (sulfide) groups is 1. The molecule has 3 aromatic rings. The molecule has 0 radical (unpaired) electrons. The summed E-state index contributed by atoms with van der Waals surface area (Å²) in [6.45, 7) is 3.98. The van der Waals surface area contributed by atoms with Crippen LogP contribution in [-0.2, 0) is 9.59 Å². The lowest BCUT2D eigenvalue weighted by Gasteiger charge is -2.18. The van der Waals surface area contributed by atoms with Gasteiger partial charge in [0.05, 0.1) is 0 Å². The van der Waals surface area contributed by atoms with Gasteiger partial charge in [0.2, 0.25) is 11.8 Å². The molecule has 1 unspecified atom stereocenters. The van der Waals surface area contributed by atoms with Crippen LogP contribution in [0.25, 0.3) is 0 Å². The molecule has 166 valence electrons. The summed E-state index contributed by atoms with van der Waals surface area (Å²) >= 11 is 7.68. The number of hydrogen-bond donors (Lipinski definition) is 2. The minimum atomic E-state index is -0.443. The Morgan fingerprint density at radius 1 is 0.938 bits per heavy atom. The molecule has 3 aromatic carbocycles. The SMILES string of the molecule is CCCCC(=O)Nc1ccc(SC(C(=O)Nc2ccc(C)c(Cl)c2)c2ccccc2)cc1. The first-order valence-corrected chi connectivity index (χ1v) is 11.9. The Morgan fingerprint density at radius 2 is 1.62 bits per heavy atom. The summed E-state index contributed by atoms with van der Waals surface area (Å²) in [5, 5.41) is 6.07. The molecule has 0 bridgehead atoms. The number of benzene rings is 3. The topological polar surface area (TPSA) is 58.2 Å². The third-order valence-corrected chi connectivity index (χ3v) is 6.60. The highest BCUT2D eigenvalue weighted by Gasteiger charge is 2.22. The van der Waals surface area contributed by atoms with Gasteiger partial charge < -0.3 is 10.6 Å². The molecule has 0 aliphatic carbocycles. The number of hydrogen-bond acceptors (Lipinski definition) is 3. The fraction of sp³-hybridized carbons (Fsp3) is 0.231. The van der Waals surface area contributed by atoms with E-state index in [-0.39, 0.29) is 11.8 Å². The maximum Gasteiger partial charge on any atom is 0.242 e. The Bertz CT molecular complexity index is 1060. The van der Waals surface area contributed by atoms with Crippen LogP contribution in [-0.4, -0.2) is 11.8 Å². The highest BCUT2D eigenvalue weighted by Crippen LogP contribution is 2.37. The molecule has 6 heteroatoms. The van der Waals surface area contributed by atoms with Crippen molar-refractivity contribution in [2.24, 2.45) is 0 Å². The van der Waals surface area contributed by atoms with E-state index < -0.39 is 5.25 Å². The number of carbonyl (C=O) groups excluding carboxylic acids is 2. The van der Waals surface area contributed by atoms with Gasteiger partial charge in [-0.1, -0.05) is 61.3 Å². The zero-order valence-corrected chi connectivity index (χ0v) is 19.8. The lowest BCUT2D eigenvalue weighted by atomic mass is 10.1. The second kappa shape index (κ2) is 11.7. The van der Waals surface area contributed by atoms with Crippen LogP contribution in [0, 0.1) is 6.92 Å². The van der Waals surface area contributed by atoms with E-state index in [1.54, 1.807) is 6.07 Å². The summed E-state index contributed by atoms with van der Waals surface area (Å²) in [5.74, 6) is -0.108. The molecule has 0 aliphatic heterocycles. The number of anilines is 2. The number of nitrogens with one attached hydrogen (secondary N) is 2. The molecule has 0 spiro atoms. The van der Waals surface area contributed by atoms with E-state index in [9.17, 15) is 9.59 Å². The molecule has 1 atom stereocenters. The van der Waals surface area contributed by atoms with Crippen molar-refractivity contribution >= 4 is 46.6 Å². The van der Waals surface area contributed by atoms with Gasteiger partial charge in [-0.05, 0) is 60.9 Å². The number of unbranched alkanes of at least 4 members (excludes halogenated alkanes) is 1. The van der Waals surface area contributed by atoms with Gasteiger partial charge >= 0.3 is 0 Å². The summed E-state index contributed by atoms with van der Waals surface area (Å²) in [5.41, 5.74) is 3.29. The van der Waals surface area contributed by atoms with Crippen molar-refractivity contribution < 1.29 is 9.59 Å². The summed E-state index contributed by atoms with van der Waals surface area (Å²) in [6, 6.07) is 22.7. The van der Waals surface area contributed by atoms with Crippen LogP contribution in [0.5, 0.6) is 0 Å². The van der Waals surface area contributed by atoms with Gasteiger partial charge in [-0.15, -0.1) is 11.8 Å². The molecule has 0 heterocycles. The van der Waals surface area contributed by atoms with Crippen molar-refractivity contribution in [2.75, 3.05) is 10.6 Å². The normalized spacial score (nSPS) is 11.6. The van der Waals surface area contributed by atoms with E-state index in [1.165, 1.54) is 11.8 Å². The maximum atomic E-state index is 13.2. The van der Waals surface area contributed by atoms with E-state index in [1.807, 2.05) is 73.7 Å². The zero-order valence-electron chi connectivity index (χ0n) is 18.2. The maximum absolute atomic E-state index is 13.2. The average Bonchev–Trinajstić information content (AvgIpc) is 2.80. The molecule has 0 aromatic heterocycles. The number of halogens is 1. The summed E-state index contributed by atoms with van der Waals surface area (Å²) in [6.07, 6.45) is 2.38. The van der Waals surface area contributed by atoms with E-state index in [2.05, 4.69) is 17.6 Å². The molecule has 0 fully saturated rings. The van der Waals surface area contributed by atoms with Crippen molar-refractivity contribution in [3.63, 3.8) is 0 Å². The Kier molecular flexibility index (Phi) is 8.77. The van der Waals surface area contributed by atoms with Crippen LogP contribution >= 0.6 is 23.4 Å². The molecule has 3 rings (SSSR count). The van der Waals surface area contributed by atoms with Gasteiger partial charge in [-0.3, -0.25) is 9.59 Å². The van der Waals surface area contributed by atoms with Crippen LogP contribution < -0.4 is 10.6 Å². The van der Waals surface area contributed by atoms with Crippen molar-refractivity contribution in [3.05, 3.63) is 88.9 Å². The van der Waals surface area contributed by atoms with E-state index in [4.69, 9.17) is 11.6 Å². The Balaban J connectivity index is 1.74. The average molecular weight is 467 g/mol. The van der Waals surface area contributed by atoms with Crippen LogP contribution in [0.3, 0.4) is 0 Å². The van der Waals surface area contributed by atoms with Crippen LogP contribution in [0.2, 0.25) is 5.02 Å². The monoisotopic (exact) mass is 466 g/mol. The van der Waals surface area contributed by atoms with Crippen LogP contribution in [0.4, 0.5) is 11.4 Å². The first kappa shape index (κ1) is 23.9. The van der Waals surface area contributed by atoms with Gasteiger partial charge in [0.25, 0.3) is 0 Å². The fourth-order valence-electron chi connectivity index (χ4n) is 3.09. The van der Waals surface area contributed by atoms with E-state index in [0.717, 1.165) is 34.6 Å². The first-order chi connectivity index (χ1) is 15.5. The second-order valence-electron chi connectivity index (χ2n) is 7.54. The van der Waals surface area contributed by atoms with Gasteiger partial charge in [-0.25, -0.2) is 0 Å². The van der Waals surface area contributed by atoms with Crippen LogP contribution in [0.15, 0.2) is 77.7 Å². The molecule has 0 saturated carbocycles. The number of aryl methyl sites for hydroxylation is 1. The molecule has 4 nitrogen and oxygen atoms in total. The fourth-order valence-corrected chi connectivity index (χ4v) is 4.30. The number of carbonyl (C=O) groups is 2. The molecule has 2 N–H and O–H groups in total. The zero-order chi connectivity index (χ0) is 22.9. The Hall–Kier alpha value is -2.76. The van der Waals surface area contributed by atoms with Gasteiger partial charge in [0, 0.05) is 27.7 Å². The van der Waals surface area contributed by atoms with Gasteiger partial charge in [-0.2, -0.15) is 0 Å². The summed E-state index contributed by atoms with van der Waals surface area (Å²) < 4.78 is 0. The van der Waals surface area contributed by atoms with Gasteiger partial charge in [0.15, 0.2) is 0 Å². The second-order valence-corrected chi connectivity index (χ2v) is 9.12. The Labute approximate surface area is 198 Å². The minimum absolute atomic E-state index is 0.0190. The largest absolute Gasteiger partial charge is 0.326 e. The smallest absolute Gasteiger partial charge is 0.242 e. The third kappa shape index (κ3) is 6.87. The lowest BCUT2D eigenvalue weighted by molar-refractivity contribution is -0.116. The van der Waals surface area contributed by atoms with Crippen molar-refractivity contribution in [3.8, 4) is 0 Å². The van der Waals surface area contributed by atoms with Crippen molar-refractivity contribution in [1.29, 1.82) is 0 Å². The van der Waals surface area contributed by atoms with Gasteiger partial charge in [0.1, 0.15) is 5.25 Å². The van der Waals surface area contributed by atoms with E-state index in [0.29, 0.717) is 17.1 Å². The summed E-state index contributed by atoms with van der Waals surface area (Å²) in [4.78, 5) is 26.1. The first-order valence-electron chi connectivity index (χ1n) is 10.6. The molecular formula is C26H27ClN2O2S. The van der Waals surface area contributed by atoms with Crippen LogP contribution in [0.1, 0.15) is 42.6 Å². The van der Waals surface area contributed by atoms with E-state index >= 15 is 0 Å². The molecule has 32 heavy (non-hydrogen) atoms. The highest BCUT2D eigenvalue weighted by molar-refractivity contribution is 8.00. The predicted octanol–water partition coefficient (Wildman–Crippen LogP) is 7.25. The standard InChI is InChI=1S/C26H27ClN2O2S/c1-3-4-10-24(30)28-20-13-15-22(16-14-20)32-25(19-8-6-5-7-9-19)26(31)29-21-12-11-18(2)23(27)17-21/h5-9,11-17,25H,3-4,10H2,1-2H3,(H,28,30)(H,29,31). The lowest BCUT2D eigenvalue weighted by Crippen LogP contribution is -2.19. The third-order valence-electron chi connectivity index (χ3n) is 4.93. The summed E-state index contributed by atoms with van der Waals surface area (Å²) in [7, 11) is 0. The number of rotatable bonds is 9. The number of amides is 2. The van der Waals surface area contributed by atoms with Crippen molar-refractivity contribution in [2.45, 2.75) is 43.3 Å². The molecule has 0 saturated heterocycles. The molecular weight excluding hydrogens is 440 g/mol. The molecule has 2 amide bonds. The highest BCUT2D eigenvalue weighted by atomic mass is 35.5. The molecule has 0 aliphatic rings. The quantitative estimate of drug-likeness (QED) is 0.326. The minimum Gasteiger partial charge on any atom is -0.326 e. The predicted molar refractivity (Wildman–Crippen MR) is 134 cm³/mol.